The zero-order chi connectivity index (χ0) is 19.1. The summed E-state index contributed by atoms with van der Waals surface area (Å²) in [6, 6.07) is 22.5. The minimum Gasteiger partial charge on any atom is -0.508 e. The van der Waals surface area contributed by atoms with Crippen LogP contribution in [0.15, 0.2) is 83.4 Å². The molecule has 1 unspecified atom stereocenters. The fourth-order valence-electron chi connectivity index (χ4n) is 3.37. The van der Waals surface area contributed by atoms with Crippen LogP contribution in [0.1, 0.15) is 11.1 Å². The Morgan fingerprint density at radius 3 is 2.43 bits per heavy atom. The highest BCUT2D eigenvalue weighted by Gasteiger charge is 2.32. The van der Waals surface area contributed by atoms with Crippen LogP contribution in [0.5, 0.6) is 11.5 Å². The summed E-state index contributed by atoms with van der Waals surface area (Å²) in [7, 11) is 0. The molecule has 3 aromatic carbocycles. The molecule has 1 amide bonds. The standard InChI is InChI=1S/C23H16N2O3/c26-18-9-6-15(7-10-18)21-24-22(27)19-13-17-12-16(14-4-2-1-3-5-14)8-11-20(17)28-23(19)25-21/h1-13,23,26H,(H,24,25,27). The molecule has 5 rings (SSSR count). The molecule has 2 aliphatic rings. The molecule has 136 valence electrons. The predicted octanol–water partition coefficient (Wildman–Crippen LogP) is 3.74. The molecule has 2 heterocycles. The molecule has 0 saturated carbocycles. The molecule has 5 heteroatoms. The van der Waals surface area contributed by atoms with Gasteiger partial charge in [-0.1, -0.05) is 36.4 Å². The maximum absolute atomic E-state index is 12.7. The Balaban J connectivity index is 1.51. The summed E-state index contributed by atoms with van der Waals surface area (Å²) < 4.78 is 6.01. The fraction of sp³-hybridized carbons (Fsp3) is 0.0435. The Morgan fingerprint density at radius 1 is 0.893 bits per heavy atom. The zero-order valence-electron chi connectivity index (χ0n) is 14.8. The van der Waals surface area contributed by atoms with Gasteiger partial charge in [-0.15, -0.1) is 0 Å². The number of aliphatic imine (C=N–C) groups is 1. The number of ether oxygens (including phenoxy) is 1. The van der Waals surface area contributed by atoms with E-state index in [1.54, 1.807) is 24.3 Å². The van der Waals surface area contributed by atoms with E-state index in [4.69, 9.17) is 4.74 Å². The van der Waals surface area contributed by atoms with Crippen molar-refractivity contribution in [1.82, 2.24) is 5.32 Å². The van der Waals surface area contributed by atoms with Crippen molar-refractivity contribution in [3.05, 3.63) is 89.5 Å². The van der Waals surface area contributed by atoms with Gasteiger partial charge in [-0.2, -0.15) is 0 Å². The number of hydrogen-bond acceptors (Lipinski definition) is 4. The van der Waals surface area contributed by atoms with Crippen molar-refractivity contribution in [2.75, 3.05) is 0 Å². The van der Waals surface area contributed by atoms with Crippen LogP contribution in [-0.2, 0) is 4.79 Å². The van der Waals surface area contributed by atoms with Gasteiger partial charge in [-0.05, 0) is 53.6 Å². The fourth-order valence-corrected chi connectivity index (χ4v) is 3.37. The number of phenols is 1. The first-order chi connectivity index (χ1) is 13.7. The summed E-state index contributed by atoms with van der Waals surface area (Å²) in [5.74, 6) is 1.04. The summed E-state index contributed by atoms with van der Waals surface area (Å²) in [6.45, 7) is 0. The van der Waals surface area contributed by atoms with Gasteiger partial charge in [0.2, 0.25) is 6.23 Å². The number of fused-ring (bicyclic) bond motifs is 2. The lowest BCUT2D eigenvalue weighted by molar-refractivity contribution is -0.117. The van der Waals surface area contributed by atoms with E-state index >= 15 is 0 Å². The number of rotatable bonds is 2. The van der Waals surface area contributed by atoms with Crippen LogP contribution in [0.3, 0.4) is 0 Å². The summed E-state index contributed by atoms with van der Waals surface area (Å²) >= 11 is 0. The Hall–Kier alpha value is -3.86. The first-order valence-electron chi connectivity index (χ1n) is 8.94. The van der Waals surface area contributed by atoms with Crippen LogP contribution < -0.4 is 10.1 Å². The molecule has 28 heavy (non-hydrogen) atoms. The SMILES string of the molecule is O=C1NC(c2ccc(O)cc2)=NC2Oc3ccc(-c4ccccc4)cc3C=C12. The van der Waals surface area contributed by atoms with E-state index in [9.17, 15) is 9.90 Å². The molecule has 0 aliphatic carbocycles. The minimum absolute atomic E-state index is 0.157. The van der Waals surface area contributed by atoms with Crippen molar-refractivity contribution < 1.29 is 14.6 Å². The van der Waals surface area contributed by atoms with Crippen molar-refractivity contribution in [2.45, 2.75) is 6.23 Å². The molecule has 2 N–H and O–H groups in total. The molecule has 1 atom stereocenters. The number of carbonyl (C=O) groups is 1. The number of amides is 1. The monoisotopic (exact) mass is 368 g/mol. The second kappa shape index (κ2) is 6.39. The van der Waals surface area contributed by atoms with Crippen molar-refractivity contribution in [2.24, 2.45) is 4.99 Å². The molecule has 2 aliphatic heterocycles. The Kier molecular flexibility index (Phi) is 3.72. The second-order valence-corrected chi connectivity index (χ2v) is 6.67. The van der Waals surface area contributed by atoms with Crippen LogP contribution in [0.25, 0.3) is 17.2 Å². The second-order valence-electron chi connectivity index (χ2n) is 6.67. The Bertz CT molecular complexity index is 1130. The molecule has 3 aromatic rings. The van der Waals surface area contributed by atoms with Gasteiger partial charge in [-0.3, -0.25) is 4.79 Å². The largest absolute Gasteiger partial charge is 0.508 e. The van der Waals surface area contributed by atoms with Gasteiger partial charge in [0.1, 0.15) is 17.3 Å². The lowest BCUT2D eigenvalue weighted by Gasteiger charge is -2.28. The average molecular weight is 368 g/mol. The van der Waals surface area contributed by atoms with Crippen LogP contribution in [0.2, 0.25) is 0 Å². The summed E-state index contributed by atoms with van der Waals surface area (Å²) in [6.07, 6.45) is 1.15. The van der Waals surface area contributed by atoms with Gasteiger partial charge < -0.3 is 15.2 Å². The van der Waals surface area contributed by atoms with Gasteiger partial charge in [0.05, 0.1) is 5.57 Å². The van der Waals surface area contributed by atoms with Crippen molar-refractivity contribution in [3.8, 4) is 22.6 Å². The minimum atomic E-state index is -0.687. The number of hydrogen-bond donors (Lipinski definition) is 2. The molecule has 0 saturated heterocycles. The Morgan fingerprint density at radius 2 is 1.64 bits per heavy atom. The number of carbonyl (C=O) groups excluding carboxylic acids is 1. The van der Waals surface area contributed by atoms with Crippen molar-refractivity contribution in [3.63, 3.8) is 0 Å². The van der Waals surface area contributed by atoms with E-state index in [1.165, 1.54) is 0 Å². The predicted molar refractivity (Wildman–Crippen MR) is 107 cm³/mol. The van der Waals surface area contributed by atoms with E-state index in [0.717, 1.165) is 16.7 Å². The number of aromatic hydroxyl groups is 1. The lowest BCUT2D eigenvalue weighted by Crippen LogP contribution is -2.43. The third-order valence-electron chi connectivity index (χ3n) is 4.81. The van der Waals surface area contributed by atoms with E-state index in [-0.39, 0.29) is 11.7 Å². The number of benzene rings is 3. The number of amidine groups is 1. The van der Waals surface area contributed by atoms with Gasteiger partial charge >= 0.3 is 0 Å². The van der Waals surface area contributed by atoms with Gasteiger partial charge in [0.15, 0.2) is 0 Å². The van der Waals surface area contributed by atoms with Crippen molar-refractivity contribution in [1.29, 1.82) is 0 Å². The molecular formula is C23H16N2O3. The number of phenolic OH excluding ortho intramolecular Hbond substituents is 1. The summed E-state index contributed by atoms with van der Waals surface area (Å²) in [5, 5.41) is 12.3. The van der Waals surface area contributed by atoms with Crippen LogP contribution in [-0.4, -0.2) is 23.1 Å². The van der Waals surface area contributed by atoms with Crippen LogP contribution in [0.4, 0.5) is 0 Å². The van der Waals surface area contributed by atoms with E-state index in [0.29, 0.717) is 22.7 Å². The third kappa shape index (κ3) is 2.83. The highest BCUT2D eigenvalue weighted by Crippen LogP contribution is 2.35. The quantitative estimate of drug-likeness (QED) is 0.724. The molecule has 0 aromatic heterocycles. The first kappa shape index (κ1) is 16.3. The highest BCUT2D eigenvalue weighted by atomic mass is 16.5. The normalized spacial score (nSPS) is 17.4. The molecule has 0 fully saturated rings. The first-order valence-corrected chi connectivity index (χ1v) is 8.94. The third-order valence-corrected chi connectivity index (χ3v) is 4.81. The summed E-state index contributed by atoms with van der Waals surface area (Å²) in [4.78, 5) is 17.2. The number of nitrogens with zero attached hydrogens (tertiary/aromatic N) is 1. The van der Waals surface area contributed by atoms with Crippen LogP contribution in [0, 0.1) is 0 Å². The lowest BCUT2D eigenvalue weighted by atomic mass is 9.98. The maximum Gasteiger partial charge on any atom is 0.258 e. The van der Waals surface area contributed by atoms with E-state index in [1.807, 2.05) is 54.6 Å². The maximum atomic E-state index is 12.7. The van der Waals surface area contributed by atoms with Gasteiger partial charge in [0, 0.05) is 11.1 Å². The van der Waals surface area contributed by atoms with Gasteiger partial charge in [0.25, 0.3) is 5.91 Å². The van der Waals surface area contributed by atoms with E-state index in [2.05, 4.69) is 10.3 Å². The molecule has 0 bridgehead atoms. The topological polar surface area (TPSA) is 70.9 Å². The number of nitrogens with one attached hydrogen (secondary N) is 1. The molecule has 5 nitrogen and oxygen atoms in total. The molecule has 0 spiro atoms. The molecular weight excluding hydrogens is 352 g/mol. The molecule has 0 radical (unpaired) electrons. The van der Waals surface area contributed by atoms with Crippen LogP contribution >= 0.6 is 0 Å². The van der Waals surface area contributed by atoms with E-state index < -0.39 is 6.23 Å². The van der Waals surface area contributed by atoms with Gasteiger partial charge in [-0.25, -0.2) is 4.99 Å². The highest BCUT2D eigenvalue weighted by molar-refractivity contribution is 6.16. The summed E-state index contributed by atoms with van der Waals surface area (Å²) in [5.41, 5.74) is 4.19. The average Bonchev–Trinajstić information content (AvgIpc) is 2.73. The smallest absolute Gasteiger partial charge is 0.258 e. The zero-order valence-corrected chi connectivity index (χ0v) is 14.8. The van der Waals surface area contributed by atoms with Crippen molar-refractivity contribution >= 4 is 17.8 Å². The Labute approximate surface area is 161 Å².